The summed E-state index contributed by atoms with van der Waals surface area (Å²) in [5, 5.41) is 7.51. The van der Waals surface area contributed by atoms with Gasteiger partial charge in [-0.25, -0.2) is 0 Å². The number of nitrogens with one attached hydrogen (secondary N) is 2. The molecular weight excluding hydrogens is 290 g/mol. The highest BCUT2D eigenvalue weighted by Gasteiger charge is 2.17. The Balaban J connectivity index is 0.000000211. The van der Waals surface area contributed by atoms with Crippen molar-refractivity contribution in [2.45, 2.75) is 70.8 Å². The molecule has 1 heterocycles. The van der Waals surface area contributed by atoms with Crippen molar-refractivity contribution >= 4 is 16.1 Å². The zero-order chi connectivity index (χ0) is 15.7. The lowest BCUT2D eigenvalue weighted by atomic mass is 9.96. The molecule has 0 aromatic carbocycles. The topological polar surface area (TPSA) is 93.5 Å². The van der Waals surface area contributed by atoms with Crippen molar-refractivity contribution in [2.24, 2.45) is 0 Å². The molecule has 6 nitrogen and oxygen atoms in total. The first-order valence-corrected chi connectivity index (χ1v) is 9.43. The summed E-state index contributed by atoms with van der Waals surface area (Å²) in [7, 11) is -3.97. The molecule has 2 rings (SSSR count). The van der Waals surface area contributed by atoms with Gasteiger partial charge >= 0.3 is 10.3 Å². The molecule has 0 aromatic rings. The number of hydrogen-bond donors (Lipinski definition) is 3. The number of hydrogen-bond acceptors (Lipinski definition) is 3. The second-order valence-electron chi connectivity index (χ2n) is 5.82. The molecule has 2 fully saturated rings. The maximum Gasteiger partial charge on any atom is 0.333 e. The number of amidine groups is 1. The highest BCUT2D eigenvalue weighted by molar-refractivity contribution is 7.83. The zero-order valence-corrected chi connectivity index (χ0v) is 13.8. The molecule has 0 bridgehead atoms. The third kappa shape index (κ3) is 8.38. The summed E-state index contributed by atoms with van der Waals surface area (Å²) in [5.74, 6) is 0.855. The molecule has 124 valence electrons. The minimum Gasteiger partial charge on any atom is -0.361 e. The van der Waals surface area contributed by atoms with Crippen molar-refractivity contribution in [3.05, 3.63) is 0 Å². The maximum absolute atomic E-state index is 10.3. The van der Waals surface area contributed by atoms with Gasteiger partial charge in [-0.3, -0.25) is 9.96 Å². The van der Waals surface area contributed by atoms with Crippen LogP contribution in [0.3, 0.4) is 0 Å². The lowest BCUT2D eigenvalue weighted by Crippen LogP contribution is -2.35. The van der Waals surface area contributed by atoms with E-state index in [1.807, 2.05) is 0 Å². The van der Waals surface area contributed by atoms with E-state index >= 15 is 0 Å². The minimum atomic E-state index is -3.97. The fourth-order valence-corrected chi connectivity index (χ4v) is 3.41. The van der Waals surface area contributed by atoms with Gasteiger partial charge < -0.3 is 4.90 Å². The van der Waals surface area contributed by atoms with E-state index in [-0.39, 0.29) is 6.04 Å². The summed E-state index contributed by atoms with van der Waals surface area (Å²) in [4.78, 5) is 2.20. The summed E-state index contributed by atoms with van der Waals surface area (Å²) in [5.41, 5.74) is 0. The first-order valence-electron chi connectivity index (χ1n) is 7.99. The Morgan fingerprint density at radius 1 is 1.29 bits per heavy atom. The molecule has 7 heteroatoms. The third-order valence-corrected chi connectivity index (χ3v) is 4.56. The van der Waals surface area contributed by atoms with Crippen LogP contribution in [0.15, 0.2) is 0 Å². The number of rotatable bonds is 5. The van der Waals surface area contributed by atoms with E-state index < -0.39 is 10.3 Å². The van der Waals surface area contributed by atoms with Crippen molar-refractivity contribution in [2.75, 3.05) is 13.1 Å². The monoisotopic (exact) mass is 319 g/mol. The zero-order valence-electron chi connectivity index (χ0n) is 13.0. The van der Waals surface area contributed by atoms with Gasteiger partial charge in [-0.05, 0) is 25.7 Å². The molecule has 1 aliphatic heterocycles. The van der Waals surface area contributed by atoms with E-state index in [1.54, 1.807) is 0 Å². The fraction of sp³-hybridized carbons (Fsp3) is 0.929. The maximum atomic E-state index is 10.3. The third-order valence-electron chi connectivity index (χ3n) is 3.93. The second-order valence-corrected chi connectivity index (χ2v) is 7.00. The van der Waals surface area contributed by atoms with Crippen LogP contribution in [0.2, 0.25) is 0 Å². The summed E-state index contributed by atoms with van der Waals surface area (Å²) in [6.07, 6.45) is 9.64. The van der Waals surface area contributed by atoms with Crippen LogP contribution in [0.1, 0.15) is 64.7 Å². The highest BCUT2D eigenvalue weighted by atomic mass is 32.2. The van der Waals surface area contributed by atoms with Gasteiger partial charge in [0.1, 0.15) is 0 Å². The van der Waals surface area contributed by atoms with E-state index in [2.05, 4.69) is 16.5 Å². The molecule has 0 atom stereocenters. The Morgan fingerprint density at radius 3 is 2.43 bits per heavy atom. The Kier molecular flexibility index (Phi) is 8.21. The van der Waals surface area contributed by atoms with Crippen LogP contribution in [0.5, 0.6) is 0 Å². The van der Waals surface area contributed by atoms with Crippen LogP contribution < -0.4 is 4.72 Å². The highest BCUT2D eigenvalue weighted by Crippen LogP contribution is 2.17. The predicted octanol–water partition coefficient (Wildman–Crippen LogP) is 2.57. The lowest BCUT2D eigenvalue weighted by molar-refractivity contribution is 0.389. The molecule has 21 heavy (non-hydrogen) atoms. The van der Waals surface area contributed by atoms with E-state index in [4.69, 9.17) is 9.96 Å². The summed E-state index contributed by atoms with van der Waals surface area (Å²) in [6.45, 7) is 4.42. The first-order chi connectivity index (χ1) is 9.92. The minimum absolute atomic E-state index is 0.0428. The van der Waals surface area contributed by atoms with Crippen LogP contribution in [0.25, 0.3) is 0 Å². The van der Waals surface area contributed by atoms with Gasteiger partial charge in [0, 0.05) is 25.6 Å². The fourth-order valence-electron chi connectivity index (χ4n) is 2.76. The predicted molar refractivity (Wildman–Crippen MR) is 85.0 cm³/mol. The number of likely N-dealkylation sites (tertiary alicyclic amines) is 1. The van der Waals surface area contributed by atoms with Gasteiger partial charge in [-0.2, -0.15) is 13.1 Å². The van der Waals surface area contributed by atoms with Crippen molar-refractivity contribution in [1.82, 2.24) is 9.62 Å². The van der Waals surface area contributed by atoms with E-state index in [0.717, 1.165) is 51.0 Å². The van der Waals surface area contributed by atoms with E-state index in [1.165, 1.54) is 25.7 Å². The molecule has 3 N–H and O–H groups in total. The SMILES string of the molecule is CCCCN1CCCC1=N.O=S(=O)(O)NC1CCCCC1. The molecule has 0 amide bonds. The second kappa shape index (κ2) is 9.38. The van der Waals surface area contributed by atoms with Crippen LogP contribution >= 0.6 is 0 Å². The van der Waals surface area contributed by atoms with Crippen LogP contribution in [-0.2, 0) is 10.3 Å². The molecular formula is C14H29N3O3S. The Labute approximate surface area is 128 Å². The molecule has 1 saturated heterocycles. The van der Waals surface area contributed by atoms with Gasteiger partial charge in [0.05, 0.1) is 5.84 Å². The van der Waals surface area contributed by atoms with Gasteiger partial charge in [-0.1, -0.05) is 32.6 Å². The van der Waals surface area contributed by atoms with Crippen molar-refractivity contribution in [3.8, 4) is 0 Å². The van der Waals surface area contributed by atoms with E-state index in [0.29, 0.717) is 0 Å². The van der Waals surface area contributed by atoms with Crippen LogP contribution in [0.4, 0.5) is 0 Å². The van der Waals surface area contributed by atoms with Crippen LogP contribution in [0, 0.1) is 5.41 Å². The van der Waals surface area contributed by atoms with Crippen molar-refractivity contribution < 1.29 is 13.0 Å². The Bertz CT molecular complexity index is 406. The van der Waals surface area contributed by atoms with Crippen molar-refractivity contribution in [1.29, 1.82) is 5.41 Å². The summed E-state index contributed by atoms with van der Waals surface area (Å²) < 4.78 is 31.3. The van der Waals surface area contributed by atoms with Crippen molar-refractivity contribution in [3.63, 3.8) is 0 Å². The quantitative estimate of drug-likeness (QED) is 0.679. The molecule has 1 aliphatic carbocycles. The van der Waals surface area contributed by atoms with E-state index in [9.17, 15) is 8.42 Å². The molecule has 2 aliphatic rings. The standard InChI is InChI=1S/C8H16N2.C6H13NO3S/c1-2-3-6-10-7-4-5-8(10)9;8-11(9,10)7-6-4-2-1-3-5-6/h9H,2-7H2,1H3;6-7H,1-5H2,(H,8,9,10). The number of unbranched alkanes of at least 4 members (excludes halogenated alkanes) is 1. The average Bonchev–Trinajstić information content (AvgIpc) is 2.82. The van der Waals surface area contributed by atoms with Gasteiger partial charge in [-0.15, -0.1) is 0 Å². The normalized spacial score (nSPS) is 20.3. The van der Waals surface area contributed by atoms with Crippen LogP contribution in [-0.4, -0.2) is 42.8 Å². The molecule has 0 radical (unpaired) electrons. The van der Waals surface area contributed by atoms with Gasteiger partial charge in [0.15, 0.2) is 0 Å². The summed E-state index contributed by atoms with van der Waals surface area (Å²) in [6, 6.07) is -0.0428. The smallest absolute Gasteiger partial charge is 0.333 e. The largest absolute Gasteiger partial charge is 0.361 e. The Hall–Kier alpha value is -0.660. The average molecular weight is 319 g/mol. The first kappa shape index (κ1) is 18.4. The van der Waals surface area contributed by atoms with Gasteiger partial charge in [0.25, 0.3) is 0 Å². The molecule has 0 unspecified atom stereocenters. The summed E-state index contributed by atoms with van der Waals surface area (Å²) >= 11 is 0. The lowest BCUT2D eigenvalue weighted by Gasteiger charge is -2.20. The number of nitrogens with zero attached hydrogens (tertiary/aromatic N) is 1. The van der Waals surface area contributed by atoms with Gasteiger partial charge in [0.2, 0.25) is 0 Å². The molecule has 0 aromatic heterocycles. The Morgan fingerprint density at radius 2 is 1.95 bits per heavy atom. The molecule has 1 saturated carbocycles. The molecule has 0 spiro atoms.